The highest BCUT2D eigenvalue weighted by atomic mass is 16.7. The lowest BCUT2D eigenvalue weighted by atomic mass is 10.1. The number of hydrogen-bond acceptors (Lipinski definition) is 4. The number of nitrogens with two attached hydrogens (primary N) is 1. The lowest BCUT2D eigenvalue weighted by Gasteiger charge is -2.30. The minimum atomic E-state index is -1.26. The van der Waals surface area contributed by atoms with Gasteiger partial charge in [-0.15, -0.1) is 0 Å². The Morgan fingerprint density at radius 2 is 1.56 bits per heavy atom. The van der Waals surface area contributed by atoms with E-state index in [1.54, 1.807) is 12.1 Å². The minimum Gasteiger partial charge on any atom is -0.391 e. The van der Waals surface area contributed by atoms with Gasteiger partial charge in [0, 0.05) is 0 Å². The van der Waals surface area contributed by atoms with Crippen LogP contribution in [-0.4, -0.2) is 34.1 Å². The van der Waals surface area contributed by atoms with Gasteiger partial charge in [0.25, 0.3) is 5.91 Å². The van der Waals surface area contributed by atoms with Crippen LogP contribution in [0.2, 0.25) is 0 Å². The molecule has 0 aromatic heterocycles. The third kappa shape index (κ3) is 5.41. The lowest BCUT2D eigenvalue weighted by molar-refractivity contribution is -0.215. The summed E-state index contributed by atoms with van der Waals surface area (Å²) < 4.78 is 0. The van der Waals surface area contributed by atoms with E-state index in [9.17, 15) is 14.7 Å². The number of benzene rings is 2. The monoisotopic (exact) mass is 342 g/mol. The molecule has 0 heterocycles. The third-order valence-electron chi connectivity index (χ3n) is 3.66. The molecule has 25 heavy (non-hydrogen) atoms. The third-order valence-corrected chi connectivity index (χ3v) is 3.66. The second kappa shape index (κ2) is 8.96. The van der Waals surface area contributed by atoms with Gasteiger partial charge < -0.3 is 10.8 Å². The number of amides is 2. The molecular weight excluding hydrogens is 320 g/mol. The molecule has 2 aromatic carbocycles. The molecule has 3 N–H and O–H groups in total. The maximum atomic E-state index is 12.7. The molecule has 0 fully saturated rings. The first-order valence-electron chi connectivity index (χ1n) is 7.99. The number of aliphatic hydroxyl groups excluding tert-OH is 1. The average molecular weight is 342 g/mol. The molecule has 6 heteroatoms. The predicted octanol–water partition coefficient (Wildman–Crippen LogP) is 1.42. The van der Waals surface area contributed by atoms with E-state index in [2.05, 4.69) is 0 Å². The molecule has 0 spiro atoms. The maximum absolute atomic E-state index is 12.7. The van der Waals surface area contributed by atoms with E-state index < -0.39 is 24.0 Å². The van der Waals surface area contributed by atoms with Crippen molar-refractivity contribution in [1.29, 1.82) is 0 Å². The lowest BCUT2D eigenvalue weighted by Crippen LogP contribution is -2.53. The Kier molecular flexibility index (Phi) is 6.68. The number of carbonyl (C=O) groups excluding carboxylic acids is 2. The fourth-order valence-electron chi connectivity index (χ4n) is 2.42. The number of primary amides is 1. The van der Waals surface area contributed by atoms with E-state index in [0.29, 0.717) is 0 Å². The van der Waals surface area contributed by atoms with Crippen molar-refractivity contribution in [2.75, 3.05) is 0 Å². The fourth-order valence-corrected chi connectivity index (χ4v) is 2.42. The quantitative estimate of drug-likeness (QED) is 0.710. The molecule has 132 valence electrons. The van der Waals surface area contributed by atoms with Crippen molar-refractivity contribution in [2.45, 2.75) is 32.1 Å². The summed E-state index contributed by atoms with van der Waals surface area (Å²) in [4.78, 5) is 30.0. The van der Waals surface area contributed by atoms with Gasteiger partial charge in [-0.1, -0.05) is 60.7 Å². The molecule has 0 aliphatic heterocycles. The zero-order chi connectivity index (χ0) is 18.2. The molecule has 0 saturated carbocycles. The molecule has 0 bridgehead atoms. The van der Waals surface area contributed by atoms with E-state index >= 15 is 0 Å². The van der Waals surface area contributed by atoms with Crippen LogP contribution in [0.3, 0.4) is 0 Å². The van der Waals surface area contributed by atoms with Crippen molar-refractivity contribution in [3.63, 3.8) is 0 Å². The largest absolute Gasteiger partial charge is 0.391 e. The SMILES string of the molecule is C[C@@H](O)[C@@H](C(N)=O)N(OCc1ccccc1)C(=O)Cc1ccccc1. The molecule has 0 unspecified atom stereocenters. The average Bonchev–Trinajstić information content (AvgIpc) is 2.59. The Labute approximate surface area is 146 Å². The van der Waals surface area contributed by atoms with Crippen LogP contribution in [0, 0.1) is 0 Å². The van der Waals surface area contributed by atoms with Gasteiger partial charge in [0.15, 0.2) is 6.04 Å². The zero-order valence-corrected chi connectivity index (χ0v) is 14.0. The normalized spacial score (nSPS) is 13.0. The van der Waals surface area contributed by atoms with E-state index in [1.807, 2.05) is 48.5 Å². The molecule has 6 nitrogen and oxygen atoms in total. The molecule has 0 aliphatic carbocycles. The Morgan fingerprint density at radius 3 is 2.04 bits per heavy atom. The van der Waals surface area contributed by atoms with Crippen molar-refractivity contribution in [3.8, 4) is 0 Å². The van der Waals surface area contributed by atoms with Gasteiger partial charge >= 0.3 is 0 Å². The van der Waals surface area contributed by atoms with Crippen LogP contribution in [0.4, 0.5) is 0 Å². The summed E-state index contributed by atoms with van der Waals surface area (Å²) in [6, 6.07) is 17.0. The molecule has 2 rings (SSSR count). The minimum absolute atomic E-state index is 0.0339. The fraction of sp³-hybridized carbons (Fsp3) is 0.263. The van der Waals surface area contributed by atoms with Crippen LogP contribution in [-0.2, 0) is 27.5 Å². The molecule has 0 radical (unpaired) electrons. The summed E-state index contributed by atoms with van der Waals surface area (Å²) in [5.74, 6) is -1.28. The summed E-state index contributed by atoms with van der Waals surface area (Å²) >= 11 is 0. The summed E-state index contributed by atoms with van der Waals surface area (Å²) in [5, 5.41) is 10.8. The number of carbonyl (C=O) groups is 2. The number of hydroxylamine groups is 2. The summed E-state index contributed by atoms with van der Waals surface area (Å²) in [5.41, 5.74) is 6.97. The van der Waals surface area contributed by atoms with Gasteiger partial charge in [-0.25, -0.2) is 5.06 Å². The zero-order valence-electron chi connectivity index (χ0n) is 14.0. The van der Waals surface area contributed by atoms with Crippen molar-refractivity contribution in [3.05, 3.63) is 71.8 Å². The Morgan fingerprint density at radius 1 is 1.04 bits per heavy atom. The number of hydrogen-bond donors (Lipinski definition) is 2. The number of nitrogens with zero attached hydrogens (tertiary/aromatic N) is 1. The first kappa shape index (κ1) is 18.6. The van der Waals surface area contributed by atoms with Crippen molar-refractivity contribution >= 4 is 11.8 Å². The van der Waals surface area contributed by atoms with Gasteiger partial charge in [0.1, 0.15) is 6.61 Å². The molecule has 2 amide bonds. The van der Waals surface area contributed by atoms with Crippen LogP contribution in [0.1, 0.15) is 18.1 Å². The summed E-state index contributed by atoms with van der Waals surface area (Å²) in [6.45, 7) is 1.47. The van der Waals surface area contributed by atoms with Gasteiger partial charge in [-0.3, -0.25) is 14.4 Å². The van der Waals surface area contributed by atoms with Gasteiger partial charge in [0.2, 0.25) is 5.91 Å². The standard InChI is InChI=1S/C19H22N2O4/c1-14(22)18(19(20)24)21(25-13-16-10-6-3-7-11-16)17(23)12-15-8-4-2-5-9-15/h2-11,14,18,22H,12-13H2,1H3,(H2,20,24)/t14-,18+/m1/s1. The topological polar surface area (TPSA) is 92.9 Å². The van der Waals surface area contributed by atoms with Crippen molar-refractivity contribution < 1.29 is 19.5 Å². The van der Waals surface area contributed by atoms with E-state index in [0.717, 1.165) is 16.2 Å². The Bertz CT molecular complexity index is 689. The van der Waals surface area contributed by atoms with Crippen molar-refractivity contribution in [1.82, 2.24) is 5.06 Å². The molecule has 2 atom stereocenters. The first-order valence-corrected chi connectivity index (χ1v) is 7.99. The Hall–Kier alpha value is -2.70. The molecular formula is C19H22N2O4. The van der Waals surface area contributed by atoms with Gasteiger partial charge in [0.05, 0.1) is 12.5 Å². The van der Waals surface area contributed by atoms with E-state index in [-0.39, 0.29) is 13.0 Å². The van der Waals surface area contributed by atoms with E-state index in [1.165, 1.54) is 6.92 Å². The highest BCUT2D eigenvalue weighted by molar-refractivity contribution is 5.87. The van der Waals surface area contributed by atoms with Crippen LogP contribution >= 0.6 is 0 Å². The smallest absolute Gasteiger partial charge is 0.251 e. The van der Waals surface area contributed by atoms with E-state index in [4.69, 9.17) is 10.6 Å². The van der Waals surface area contributed by atoms with Gasteiger partial charge in [-0.05, 0) is 18.1 Å². The highest BCUT2D eigenvalue weighted by Crippen LogP contribution is 2.13. The van der Waals surface area contributed by atoms with Gasteiger partial charge in [-0.2, -0.15) is 0 Å². The predicted molar refractivity (Wildman–Crippen MR) is 92.9 cm³/mol. The molecule has 2 aromatic rings. The summed E-state index contributed by atoms with van der Waals surface area (Å²) in [7, 11) is 0. The first-order chi connectivity index (χ1) is 12.0. The molecule has 0 saturated heterocycles. The van der Waals surface area contributed by atoms with Crippen LogP contribution in [0.25, 0.3) is 0 Å². The second-order valence-corrected chi connectivity index (χ2v) is 5.73. The van der Waals surface area contributed by atoms with Crippen LogP contribution in [0.5, 0.6) is 0 Å². The highest BCUT2D eigenvalue weighted by Gasteiger charge is 2.33. The number of rotatable bonds is 8. The molecule has 0 aliphatic rings. The summed E-state index contributed by atoms with van der Waals surface area (Å²) in [6.07, 6.45) is -1.13. The van der Waals surface area contributed by atoms with Crippen molar-refractivity contribution in [2.24, 2.45) is 5.73 Å². The maximum Gasteiger partial charge on any atom is 0.251 e. The Balaban J connectivity index is 2.18. The second-order valence-electron chi connectivity index (χ2n) is 5.73. The van der Waals surface area contributed by atoms with Crippen LogP contribution < -0.4 is 5.73 Å². The number of aliphatic hydroxyl groups is 1. The van der Waals surface area contributed by atoms with Crippen LogP contribution in [0.15, 0.2) is 60.7 Å².